The van der Waals surface area contributed by atoms with Gasteiger partial charge in [-0.2, -0.15) is 0 Å². The van der Waals surface area contributed by atoms with Crippen molar-refractivity contribution in [3.8, 4) is 0 Å². The van der Waals surface area contributed by atoms with Crippen LogP contribution in [0.5, 0.6) is 0 Å². The predicted molar refractivity (Wildman–Crippen MR) is 180 cm³/mol. The second-order valence-corrected chi connectivity index (χ2v) is 26.2. The molecule has 246 valence electrons. The van der Waals surface area contributed by atoms with E-state index >= 15 is 0 Å². The normalized spacial score (nSPS) is 30.3. The van der Waals surface area contributed by atoms with E-state index in [9.17, 15) is 14.7 Å². The van der Waals surface area contributed by atoms with Crippen LogP contribution in [-0.2, 0) is 23.2 Å². The van der Waals surface area contributed by atoms with E-state index < -0.39 is 46.3 Å². The zero-order valence-corrected chi connectivity index (χ0v) is 32.1. The Hall–Kier alpha value is -0.806. The van der Waals surface area contributed by atoms with Crippen LogP contribution >= 0.6 is 0 Å². The molecule has 42 heavy (non-hydrogen) atoms. The van der Waals surface area contributed by atoms with E-state index in [1.54, 1.807) is 6.92 Å². The van der Waals surface area contributed by atoms with Gasteiger partial charge in [0.15, 0.2) is 16.6 Å². The number of cyclic esters (lactones) is 1. The lowest BCUT2D eigenvalue weighted by atomic mass is 9.73. The zero-order chi connectivity index (χ0) is 33.1. The van der Waals surface area contributed by atoms with Crippen molar-refractivity contribution in [1.29, 1.82) is 0 Å². The first kappa shape index (κ1) is 39.2. The monoisotopic (exact) mass is 626 g/mol. The van der Waals surface area contributed by atoms with E-state index in [4.69, 9.17) is 13.6 Å². The first-order valence-corrected chi connectivity index (χ1v) is 22.0. The van der Waals surface area contributed by atoms with E-state index in [0.29, 0.717) is 6.42 Å². The van der Waals surface area contributed by atoms with Gasteiger partial charge in [-0.15, -0.1) is 0 Å². The van der Waals surface area contributed by atoms with Gasteiger partial charge in [0.1, 0.15) is 11.9 Å². The molecule has 0 aromatic heterocycles. The van der Waals surface area contributed by atoms with Gasteiger partial charge in [-0.3, -0.25) is 9.59 Å². The molecule has 0 amide bonds. The third-order valence-electron chi connectivity index (χ3n) is 10.5. The molecule has 6 atom stereocenters. The lowest BCUT2D eigenvalue weighted by molar-refractivity contribution is -0.159. The van der Waals surface area contributed by atoms with Gasteiger partial charge in [0, 0.05) is 17.8 Å². The molecule has 0 saturated carbocycles. The minimum Gasteiger partial charge on any atom is -0.459 e. The van der Waals surface area contributed by atoms with E-state index in [-0.39, 0.29) is 40.2 Å². The van der Waals surface area contributed by atoms with Gasteiger partial charge in [-0.1, -0.05) is 80.9 Å². The van der Waals surface area contributed by atoms with Crippen LogP contribution in [0.2, 0.25) is 36.3 Å². The summed E-state index contributed by atoms with van der Waals surface area (Å²) < 4.78 is 19.8. The highest BCUT2D eigenvalue weighted by Crippen LogP contribution is 2.44. The smallest absolute Gasteiger partial charge is 0.308 e. The van der Waals surface area contributed by atoms with Gasteiger partial charge in [0.2, 0.25) is 0 Å². The number of hydrogen-bond acceptors (Lipinski definition) is 6. The summed E-state index contributed by atoms with van der Waals surface area (Å²) in [5.74, 6) is -0.575. The van der Waals surface area contributed by atoms with E-state index in [1.807, 2.05) is 20.8 Å². The highest BCUT2D eigenvalue weighted by molar-refractivity contribution is 6.74. The summed E-state index contributed by atoms with van der Waals surface area (Å²) >= 11 is 0. The van der Waals surface area contributed by atoms with Crippen LogP contribution in [0.15, 0.2) is 11.6 Å². The summed E-state index contributed by atoms with van der Waals surface area (Å²) in [4.78, 5) is 28.1. The van der Waals surface area contributed by atoms with Crippen molar-refractivity contribution >= 4 is 28.4 Å². The molecule has 0 aliphatic carbocycles. The Balaban J connectivity index is 3.71. The maximum atomic E-state index is 14.6. The quantitative estimate of drug-likeness (QED) is 0.187. The van der Waals surface area contributed by atoms with Gasteiger partial charge in [0.05, 0.1) is 24.7 Å². The standard InChI is InChI=1S/C34H66O6Si2/c1-23-18-17-19-24(2)30(40-42(15,16)33(8,9)10)25(3)31(37)34(11,12)28(39-41(13,14)32(5,6)7)22-29(36)38-27(21-20-23)26(4)35/h20,24-28,30,35H,17-19,21-22H2,1-16H3/b23-20-/t24-,25+,26?,27-,28-,30-/m0/s1. The Morgan fingerprint density at radius 1 is 0.976 bits per heavy atom. The number of esters is 1. The molecule has 6 nitrogen and oxygen atoms in total. The van der Waals surface area contributed by atoms with Gasteiger partial charge < -0.3 is 18.7 Å². The molecule has 1 rings (SSSR count). The second-order valence-electron chi connectivity index (χ2n) is 16.7. The van der Waals surface area contributed by atoms with Crippen molar-refractivity contribution < 1.29 is 28.3 Å². The minimum atomic E-state index is -2.37. The maximum absolute atomic E-state index is 14.6. The molecule has 1 aliphatic heterocycles. The first-order valence-electron chi connectivity index (χ1n) is 16.2. The zero-order valence-electron chi connectivity index (χ0n) is 30.1. The topological polar surface area (TPSA) is 82.1 Å². The molecular formula is C34H66O6Si2. The molecule has 0 bridgehead atoms. The fourth-order valence-corrected chi connectivity index (χ4v) is 8.01. The summed E-state index contributed by atoms with van der Waals surface area (Å²) in [6.07, 6.45) is 2.98. The molecule has 1 heterocycles. The first-order chi connectivity index (χ1) is 18.7. The number of hydrogen-bond donors (Lipinski definition) is 1. The molecule has 0 spiro atoms. The van der Waals surface area contributed by atoms with Gasteiger partial charge in [0.25, 0.3) is 0 Å². The Bertz CT molecular complexity index is 939. The second kappa shape index (κ2) is 14.5. The minimum absolute atomic E-state index is 0.0116. The van der Waals surface area contributed by atoms with Crippen molar-refractivity contribution in [2.75, 3.05) is 0 Å². The lowest BCUT2D eigenvalue weighted by Crippen LogP contribution is -2.54. The number of ketones is 1. The van der Waals surface area contributed by atoms with Crippen molar-refractivity contribution in [1.82, 2.24) is 0 Å². The Morgan fingerprint density at radius 2 is 1.48 bits per heavy atom. The van der Waals surface area contributed by atoms with E-state index in [2.05, 4.69) is 87.7 Å². The molecule has 1 aliphatic rings. The molecule has 0 fully saturated rings. The number of rotatable bonds is 5. The summed E-state index contributed by atoms with van der Waals surface area (Å²) in [6, 6.07) is 0. The molecule has 8 heteroatoms. The third-order valence-corrected chi connectivity index (χ3v) is 19.4. The summed E-state index contributed by atoms with van der Waals surface area (Å²) in [7, 11) is -4.55. The van der Waals surface area contributed by atoms with Crippen molar-refractivity contribution in [3.63, 3.8) is 0 Å². The fourth-order valence-electron chi connectivity index (χ4n) is 5.10. The van der Waals surface area contributed by atoms with E-state index in [1.165, 1.54) is 5.57 Å². The number of allylic oxidation sites excluding steroid dienone is 1. The Morgan fingerprint density at radius 3 is 1.95 bits per heavy atom. The van der Waals surface area contributed by atoms with Gasteiger partial charge in [-0.05, 0) is 75.3 Å². The molecule has 0 radical (unpaired) electrons. The Kier molecular flexibility index (Phi) is 13.6. The summed E-state index contributed by atoms with van der Waals surface area (Å²) in [6.45, 7) is 33.8. The molecule has 1 unspecified atom stereocenters. The van der Waals surface area contributed by atoms with Gasteiger partial charge >= 0.3 is 5.97 Å². The number of Topliss-reactive ketones (excluding diaryl/α,β-unsaturated/α-hetero) is 1. The number of carbonyl (C=O) groups excluding carboxylic acids is 2. The molecule has 0 saturated heterocycles. The van der Waals surface area contributed by atoms with Crippen LogP contribution in [0.1, 0.15) is 115 Å². The van der Waals surface area contributed by atoms with Crippen LogP contribution in [0.4, 0.5) is 0 Å². The number of aliphatic hydroxyl groups excluding tert-OH is 1. The average Bonchev–Trinajstić information content (AvgIpc) is 2.81. The van der Waals surface area contributed by atoms with Crippen LogP contribution in [0.3, 0.4) is 0 Å². The van der Waals surface area contributed by atoms with Crippen LogP contribution in [0, 0.1) is 17.3 Å². The average molecular weight is 627 g/mol. The number of carbonyl (C=O) groups is 2. The van der Waals surface area contributed by atoms with Crippen molar-refractivity contribution in [2.45, 2.75) is 176 Å². The SMILES string of the molecule is C/C1=C/C[C@@H](C(C)O)OC(=O)C[C@H](O[Si](C)(C)C(C)(C)C)C(C)(C)C(=O)[C@H](C)[C@@H](O[Si](C)(C)C(C)(C)C)[C@@H](C)CCC1. The van der Waals surface area contributed by atoms with Crippen molar-refractivity contribution in [3.05, 3.63) is 11.6 Å². The Labute approximate surface area is 261 Å². The van der Waals surface area contributed by atoms with Gasteiger partial charge in [-0.25, -0.2) is 0 Å². The molecular weight excluding hydrogens is 561 g/mol. The molecule has 0 aromatic carbocycles. The largest absolute Gasteiger partial charge is 0.459 e. The fraction of sp³-hybridized carbons (Fsp3) is 0.882. The van der Waals surface area contributed by atoms with Crippen LogP contribution in [0.25, 0.3) is 0 Å². The highest BCUT2D eigenvalue weighted by Gasteiger charge is 2.50. The maximum Gasteiger partial charge on any atom is 0.308 e. The number of ether oxygens (including phenoxy) is 1. The molecule has 0 aromatic rings. The lowest BCUT2D eigenvalue weighted by Gasteiger charge is -2.46. The van der Waals surface area contributed by atoms with E-state index in [0.717, 1.165) is 19.3 Å². The summed E-state index contributed by atoms with van der Waals surface area (Å²) in [5.41, 5.74) is 0.249. The number of aliphatic hydroxyl groups is 1. The predicted octanol–water partition coefficient (Wildman–Crippen LogP) is 8.84. The highest BCUT2D eigenvalue weighted by atomic mass is 28.4. The third kappa shape index (κ3) is 10.4. The van der Waals surface area contributed by atoms with Crippen LogP contribution < -0.4 is 0 Å². The molecule has 1 N–H and O–H groups in total. The van der Waals surface area contributed by atoms with Crippen molar-refractivity contribution in [2.24, 2.45) is 17.3 Å². The van der Waals surface area contributed by atoms with Crippen LogP contribution in [-0.4, -0.2) is 57.9 Å². The summed E-state index contributed by atoms with van der Waals surface area (Å²) in [5, 5.41) is 10.3.